The molecule has 1 saturated heterocycles. The van der Waals surface area contributed by atoms with Crippen LogP contribution >= 0.6 is 34.8 Å². The zero-order valence-electron chi connectivity index (χ0n) is 20.0. The fraction of sp³-hybridized carbons (Fsp3) is 0.148. The van der Waals surface area contributed by atoms with E-state index >= 15 is 0 Å². The summed E-state index contributed by atoms with van der Waals surface area (Å²) in [4.78, 5) is 39.4. The zero-order valence-corrected chi connectivity index (χ0v) is 22.3. The number of amides is 4. The Hall–Kier alpha value is -3.52. The summed E-state index contributed by atoms with van der Waals surface area (Å²) >= 11 is 18.5. The van der Waals surface area contributed by atoms with Crippen molar-refractivity contribution < 1.29 is 23.9 Å². The lowest BCUT2D eigenvalue weighted by atomic mass is 10.0. The molecule has 0 radical (unpaired) electrons. The van der Waals surface area contributed by atoms with E-state index in [9.17, 15) is 14.4 Å². The zero-order chi connectivity index (χ0) is 26.9. The van der Waals surface area contributed by atoms with Crippen LogP contribution in [-0.2, 0) is 16.2 Å². The quantitative estimate of drug-likeness (QED) is 0.275. The summed E-state index contributed by atoms with van der Waals surface area (Å²) in [6.07, 6.45) is 1.35. The lowest BCUT2D eigenvalue weighted by Gasteiger charge is -2.27. The molecule has 1 fully saturated rings. The van der Waals surface area contributed by atoms with Crippen molar-refractivity contribution in [2.75, 3.05) is 12.0 Å². The number of imide groups is 2. The lowest BCUT2D eigenvalue weighted by Crippen LogP contribution is -2.54. The van der Waals surface area contributed by atoms with Crippen LogP contribution in [0.3, 0.4) is 0 Å². The largest absolute Gasteiger partial charge is 0.493 e. The van der Waals surface area contributed by atoms with Gasteiger partial charge < -0.3 is 9.47 Å². The molecule has 0 aromatic heterocycles. The van der Waals surface area contributed by atoms with Crippen molar-refractivity contribution in [3.63, 3.8) is 0 Å². The first-order valence-corrected chi connectivity index (χ1v) is 12.2. The van der Waals surface area contributed by atoms with Gasteiger partial charge in [0.1, 0.15) is 12.2 Å². The maximum absolute atomic E-state index is 13.3. The molecule has 4 amide bonds. The Morgan fingerprint density at radius 2 is 1.68 bits per heavy atom. The van der Waals surface area contributed by atoms with Crippen LogP contribution in [0, 0.1) is 13.8 Å². The number of carbonyl (C=O) groups excluding carboxylic acids is 3. The van der Waals surface area contributed by atoms with Crippen LogP contribution in [0.25, 0.3) is 6.08 Å². The SMILES string of the molecule is COc1cc(/C=C2\C(=O)NC(=O)N(c3ccc(C)cc3C)C2=O)cc(Cl)c1OCc1ccc(Cl)c(Cl)c1. The number of ether oxygens (including phenoxy) is 2. The van der Waals surface area contributed by atoms with Crippen LogP contribution in [0.4, 0.5) is 10.5 Å². The molecular weight excluding hydrogens is 539 g/mol. The maximum Gasteiger partial charge on any atom is 0.335 e. The lowest BCUT2D eigenvalue weighted by molar-refractivity contribution is -0.122. The molecule has 0 bridgehead atoms. The minimum absolute atomic E-state index is 0.140. The molecule has 3 aromatic carbocycles. The summed E-state index contributed by atoms with van der Waals surface area (Å²) in [6.45, 7) is 3.82. The number of methoxy groups -OCH3 is 1. The Balaban J connectivity index is 1.65. The molecule has 0 aliphatic carbocycles. The second kappa shape index (κ2) is 10.8. The third kappa shape index (κ3) is 5.59. The van der Waals surface area contributed by atoms with Crippen LogP contribution in [0.2, 0.25) is 15.1 Å². The van der Waals surface area contributed by atoms with Gasteiger partial charge in [-0.2, -0.15) is 0 Å². The van der Waals surface area contributed by atoms with E-state index in [1.54, 1.807) is 43.3 Å². The number of carbonyl (C=O) groups is 3. The Kier molecular flexibility index (Phi) is 7.78. The van der Waals surface area contributed by atoms with E-state index in [0.29, 0.717) is 26.9 Å². The molecule has 1 heterocycles. The van der Waals surface area contributed by atoms with Crippen molar-refractivity contribution in [1.29, 1.82) is 0 Å². The van der Waals surface area contributed by atoms with E-state index < -0.39 is 17.8 Å². The highest BCUT2D eigenvalue weighted by molar-refractivity contribution is 6.42. The molecule has 1 aliphatic rings. The standard InChI is InChI=1S/C27H21Cl3N2O5/c1-14-4-7-22(15(2)8-14)32-26(34)18(25(33)31-27(32)35)9-17-11-21(30)24(23(12-17)36-3)37-13-16-5-6-19(28)20(29)10-16/h4-12H,13H2,1-3H3,(H,31,33,35)/b18-9+. The second-order valence-electron chi connectivity index (χ2n) is 8.32. The Morgan fingerprint density at radius 3 is 2.35 bits per heavy atom. The molecule has 3 aromatic rings. The average Bonchev–Trinajstić information content (AvgIpc) is 2.84. The fourth-order valence-electron chi connectivity index (χ4n) is 3.85. The molecule has 1 aliphatic heterocycles. The minimum atomic E-state index is -0.819. The molecule has 10 heteroatoms. The normalized spacial score (nSPS) is 14.7. The number of hydrogen-bond donors (Lipinski definition) is 1. The number of aryl methyl sites for hydroxylation is 2. The Bertz CT molecular complexity index is 1470. The van der Waals surface area contributed by atoms with Gasteiger partial charge in [-0.25, -0.2) is 9.69 Å². The number of benzene rings is 3. The summed E-state index contributed by atoms with van der Waals surface area (Å²) in [5.41, 5.74) is 3.00. The van der Waals surface area contributed by atoms with Crippen LogP contribution in [-0.4, -0.2) is 25.0 Å². The summed E-state index contributed by atoms with van der Waals surface area (Å²) < 4.78 is 11.3. The Labute approximate surface area is 228 Å². The molecule has 7 nitrogen and oxygen atoms in total. The number of nitrogens with zero attached hydrogens (tertiary/aromatic N) is 1. The van der Waals surface area contributed by atoms with Gasteiger partial charge in [0.25, 0.3) is 11.8 Å². The number of halogens is 3. The van der Waals surface area contributed by atoms with Crippen molar-refractivity contribution in [3.8, 4) is 11.5 Å². The predicted octanol–water partition coefficient (Wildman–Crippen LogP) is 6.52. The van der Waals surface area contributed by atoms with E-state index in [-0.39, 0.29) is 28.7 Å². The van der Waals surface area contributed by atoms with Gasteiger partial charge in [0.15, 0.2) is 11.5 Å². The fourth-order valence-corrected chi connectivity index (χ4v) is 4.44. The van der Waals surface area contributed by atoms with Crippen LogP contribution < -0.4 is 19.7 Å². The van der Waals surface area contributed by atoms with Crippen LogP contribution in [0.1, 0.15) is 22.3 Å². The molecule has 0 atom stereocenters. The number of rotatable bonds is 6. The number of barbiturate groups is 1. The molecule has 1 N–H and O–H groups in total. The van der Waals surface area contributed by atoms with Gasteiger partial charge in [0, 0.05) is 0 Å². The van der Waals surface area contributed by atoms with Crippen molar-refractivity contribution in [1.82, 2.24) is 5.32 Å². The molecule has 190 valence electrons. The smallest absolute Gasteiger partial charge is 0.335 e. The molecule has 0 unspecified atom stereocenters. The summed E-state index contributed by atoms with van der Waals surface area (Å²) in [6, 6.07) is 12.7. The van der Waals surface area contributed by atoms with Crippen molar-refractivity contribution in [2.24, 2.45) is 0 Å². The summed E-state index contributed by atoms with van der Waals surface area (Å²) in [7, 11) is 1.44. The van der Waals surface area contributed by atoms with E-state index in [2.05, 4.69) is 5.32 Å². The molecule has 0 saturated carbocycles. The number of hydrogen-bond acceptors (Lipinski definition) is 5. The number of nitrogens with one attached hydrogen (secondary N) is 1. The predicted molar refractivity (Wildman–Crippen MR) is 144 cm³/mol. The van der Waals surface area contributed by atoms with E-state index in [1.807, 2.05) is 13.0 Å². The monoisotopic (exact) mass is 558 g/mol. The van der Waals surface area contributed by atoms with Gasteiger partial charge in [0.2, 0.25) is 0 Å². The maximum atomic E-state index is 13.3. The van der Waals surface area contributed by atoms with Crippen LogP contribution in [0.15, 0.2) is 54.1 Å². The average molecular weight is 560 g/mol. The molecule has 37 heavy (non-hydrogen) atoms. The highest BCUT2D eigenvalue weighted by Gasteiger charge is 2.37. The van der Waals surface area contributed by atoms with Gasteiger partial charge in [0.05, 0.1) is 27.9 Å². The van der Waals surface area contributed by atoms with Gasteiger partial charge in [-0.05, 0) is 66.9 Å². The van der Waals surface area contributed by atoms with Crippen molar-refractivity contribution in [2.45, 2.75) is 20.5 Å². The molecule has 0 spiro atoms. The summed E-state index contributed by atoms with van der Waals surface area (Å²) in [5.74, 6) is -1.02. The first-order chi connectivity index (χ1) is 17.6. The van der Waals surface area contributed by atoms with Gasteiger partial charge in [-0.1, -0.05) is 58.6 Å². The van der Waals surface area contributed by atoms with Gasteiger partial charge >= 0.3 is 6.03 Å². The first-order valence-electron chi connectivity index (χ1n) is 11.0. The minimum Gasteiger partial charge on any atom is -0.493 e. The van der Waals surface area contributed by atoms with Crippen molar-refractivity contribution in [3.05, 3.63) is 91.4 Å². The van der Waals surface area contributed by atoms with Crippen LogP contribution in [0.5, 0.6) is 11.5 Å². The highest BCUT2D eigenvalue weighted by atomic mass is 35.5. The first kappa shape index (κ1) is 26.5. The highest BCUT2D eigenvalue weighted by Crippen LogP contribution is 2.38. The molecule has 4 rings (SSSR count). The van der Waals surface area contributed by atoms with E-state index in [0.717, 1.165) is 16.0 Å². The summed E-state index contributed by atoms with van der Waals surface area (Å²) in [5, 5.41) is 3.24. The number of urea groups is 1. The molecular formula is C27H21Cl3N2O5. The van der Waals surface area contributed by atoms with E-state index in [4.69, 9.17) is 44.3 Å². The van der Waals surface area contributed by atoms with E-state index in [1.165, 1.54) is 19.3 Å². The Morgan fingerprint density at radius 1 is 0.919 bits per heavy atom. The van der Waals surface area contributed by atoms with Gasteiger partial charge in [-0.15, -0.1) is 0 Å². The third-order valence-electron chi connectivity index (χ3n) is 5.62. The third-order valence-corrected chi connectivity index (χ3v) is 6.64. The van der Waals surface area contributed by atoms with Crippen molar-refractivity contribution >= 4 is 64.4 Å². The topological polar surface area (TPSA) is 84.9 Å². The van der Waals surface area contributed by atoms with Gasteiger partial charge in [-0.3, -0.25) is 14.9 Å². The number of anilines is 1. The second-order valence-corrected chi connectivity index (χ2v) is 9.54.